The molecule has 0 aliphatic carbocycles. The first-order chi connectivity index (χ1) is 15.9. The van der Waals surface area contributed by atoms with Crippen LogP contribution in [0, 0.1) is 5.82 Å². The van der Waals surface area contributed by atoms with Crippen LogP contribution in [0.2, 0.25) is 5.02 Å². The number of carbonyl (C=O) groups is 2. The number of nitrogens with one attached hydrogen (secondary N) is 1. The van der Waals surface area contributed by atoms with E-state index in [4.69, 9.17) is 16.3 Å². The quantitative estimate of drug-likeness (QED) is 0.431. The molecule has 0 atom stereocenters. The van der Waals surface area contributed by atoms with Crippen molar-refractivity contribution in [3.8, 4) is 11.1 Å². The topological polar surface area (TPSA) is 77.4 Å². The smallest absolute Gasteiger partial charge is 0.356 e. The fourth-order valence-corrected chi connectivity index (χ4v) is 3.75. The van der Waals surface area contributed by atoms with Crippen LogP contribution in [0.15, 0.2) is 77.6 Å². The Morgan fingerprint density at radius 1 is 1.00 bits per heavy atom. The van der Waals surface area contributed by atoms with Gasteiger partial charge in [-0.3, -0.25) is 9.59 Å². The number of hydrogen-bond donors (Lipinski definition) is 1. The summed E-state index contributed by atoms with van der Waals surface area (Å²) in [6.45, 7) is -0.608. The lowest BCUT2D eigenvalue weighted by atomic mass is 9.97. The Bertz CT molecular complexity index is 1430. The third-order valence-electron chi connectivity index (χ3n) is 5.10. The van der Waals surface area contributed by atoms with E-state index >= 15 is 0 Å². The minimum Gasteiger partial charge on any atom is -0.451 e. The van der Waals surface area contributed by atoms with Gasteiger partial charge in [0.2, 0.25) is 0 Å². The van der Waals surface area contributed by atoms with Crippen molar-refractivity contribution in [3.05, 3.63) is 99.7 Å². The Labute approximate surface area is 193 Å². The van der Waals surface area contributed by atoms with E-state index in [1.807, 2.05) is 30.3 Å². The maximum Gasteiger partial charge on any atom is 0.356 e. The molecule has 3 aromatic carbocycles. The summed E-state index contributed by atoms with van der Waals surface area (Å²) in [7, 11) is 1.48. The second kappa shape index (κ2) is 9.26. The summed E-state index contributed by atoms with van der Waals surface area (Å²) < 4.78 is 19.8. The van der Waals surface area contributed by atoms with Gasteiger partial charge in [-0.1, -0.05) is 60.1 Å². The van der Waals surface area contributed by atoms with Crippen molar-refractivity contribution < 1.29 is 18.7 Å². The van der Waals surface area contributed by atoms with Crippen LogP contribution in [0.25, 0.3) is 21.9 Å². The molecule has 0 saturated carbocycles. The van der Waals surface area contributed by atoms with E-state index in [1.54, 1.807) is 24.3 Å². The molecule has 166 valence electrons. The number of pyridine rings is 1. The lowest BCUT2D eigenvalue weighted by Gasteiger charge is -2.16. The van der Waals surface area contributed by atoms with Gasteiger partial charge in [-0.25, -0.2) is 9.18 Å². The van der Waals surface area contributed by atoms with E-state index in [0.29, 0.717) is 16.3 Å². The van der Waals surface area contributed by atoms with Gasteiger partial charge in [0.25, 0.3) is 11.5 Å². The van der Waals surface area contributed by atoms with Gasteiger partial charge in [0.05, 0.1) is 5.02 Å². The molecule has 1 N–H and O–H groups in total. The normalized spacial score (nSPS) is 10.8. The first-order valence-corrected chi connectivity index (χ1v) is 10.3. The maximum atomic E-state index is 13.3. The SMILES string of the molecule is Cn1c(C(=O)OCC(=O)Nc2ccc(F)c(Cl)c2)c(-c2ccccc2)c2ccccc2c1=O. The summed E-state index contributed by atoms with van der Waals surface area (Å²) in [5.41, 5.74) is 1.18. The van der Waals surface area contributed by atoms with Crippen molar-refractivity contribution in [2.45, 2.75) is 0 Å². The number of anilines is 1. The molecule has 0 fully saturated rings. The van der Waals surface area contributed by atoms with E-state index in [2.05, 4.69) is 5.32 Å². The van der Waals surface area contributed by atoms with Gasteiger partial charge in [-0.05, 0) is 35.2 Å². The number of benzene rings is 3. The first kappa shape index (κ1) is 22.2. The zero-order chi connectivity index (χ0) is 23.5. The Hall–Kier alpha value is -3.97. The molecule has 0 bridgehead atoms. The summed E-state index contributed by atoms with van der Waals surface area (Å²) in [4.78, 5) is 38.3. The van der Waals surface area contributed by atoms with Crippen LogP contribution in [0.3, 0.4) is 0 Å². The molecule has 0 spiro atoms. The third-order valence-corrected chi connectivity index (χ3v) is 5.39. The molecule has 1 amide bonds. The van der Waals surface area contributed by atoms with Gasteiger partial charge < -0.3 is 14.6 Å². The van der Waals surface area contributed by atoms with E-state index < -0.39 is 24.3 Å². The van der Waals surface area contributed by atoms with E-state index in [0.717, 1.165) is 11.6 Å². The number of rotatable bonds is 5. The molecular weight excluding hydrogens is 447 g/mol. The summed E-state index contributed by atoms with van der Waals surface area (Å²) in [6, 6.07) is 19.8. The Kier molecular flexibility index (Phi) is 6.24. The summed E-state index contributed by atoms with van der Waals surface area (Å²) in [6.07, 6.45) is 0. The highest BCUT2D eigenvalue weighted by atomic mass is 35.5. The molecule has 6 nitrogen and oxygen atoms in total. The van der Waals surface area contributed by atoms with Crippen LogP contribution in [0.5, 0.6) is 0 Å². The van der Waals surface area contributed by atoms with Crippen LogP contribution in [-0.4, -0.2) is 23.1 Å². The number of ether oxygens (including phenoxy) is 1. The zero-order valence-electron chi connectivity index (χ0n) is 17.5. The lowest BCUT2D eigenvalue weighted by Crippen LogP contribution is -2.28. The van der Waals surface area contributed by atoms with Gasteiger partial charge in [0.1, 0.15) is 11.5 Å². The summed E-state index contributed by atoms with van der Waals surface area (Å²) >= 11 is 5.72. The standard InChI is InChI=1S/C25H18ClFN2O4/c1-29-23(25(32)33-14-21(30)28-16-11-12-20(27)19(26)13-16)22(15-7-3-2-4-8-15)17-9-5-6-10-18(17)24(29)31/h2-13H,14H2,1H3,(H,28,30). The number of amides is 1. The highest BCUT2D eigenvalue weighted by molar-refractivity contribution is 6.31. The number of carbonyl (C=O) groups excluding carboxylic acids is 2. The Morgan fingerprint density at radius 2 is 1.67 bits per heavy atom. The number of halogens is 2. The average Bonchev–Trinajstić information content (AvgIpc) is 2.82. The van der Waals surface area contributed by atoms with E-state index in [1.165, 1.54) is 23.7 Å². The number of fused-ring (bicyclic) bond motifs is 1. The zero-order valence-corrected chi connectivity index (χ0v) is 18.2. The molecule has 0 radical (unpaired) electrons. The molecule has 0 aliphatic heterocycles. The van der Waals surface area contributed by atoms with Crippen LogP contribution in [0.4, 0.5) is 10.1 Å². The lowest BCUT2D eigenvalue weighted by molar-refractivity contribution is -0.119. The fourth-order valence-electron chi connectivity index (χ4n) is 3.57. The second-order valence-electron chi connectivity index (χ2n) is 7.25. The fraction of sp³-hybridized carbons (Fsp3) is 0.0800. The molecule has 0 saturated heterocycles. The molecule has 8 heteroatoms. The van der Waals surface area contributed by atoms with Crippen molar-refractivity contribution in [1.29, 1.82) is 0 Å². The van der Waals surface area contributed by atoms with Gasteiger partial charge in [0, 0.05) is 23.7 Å². The van der Waals surface area contributed by atoms with Crippen molar-refractivity contribution in [1.82, 2.24) is 4.57 Å². The highest BCUT2D eigenvalue weighted by Gasteiger charge is 2.23. The van der Waals surface area contributed by atoms with Gasteiger partial charge >= 0.3 is 5.97 Å². The number of esters is 1. The minimum atomic E-state index is -0.827. The van der Waals surface area contributed by atoms with Crippen LogP contribution < -0.4 is 10.9 Å². The summed E-state index contributed by atoms with van der Waals surface area (Å²) in [5.74, 6) is -2.09. The minimum absolute atomic E-state index is 0.0301. The Balaban J connectivity index is 1.66. The molecule has 0 unspecified atom stereocenters. The van der Waals surface area contributed by atoms with Crippen molar-refractivity contribution in [2.24, 2.45) is 7.05 Å². The highest BCUT2D eigenvalue weighted by Crippen LogP contribution is 2.30. The number of hydrogen-bond acceptors (Lipinski definition) is 4. The second-order valence-corrected chi connectivity index (χ2v) is 7.66. The molecule has 1 aromatic heterocycles. The van der Waals surface area contributed by atoms with Crippen molar-refractivity contribution in [2.75, 3.05) is 11.9 Å². The Morgan fingerprint density at radius 3 is 2.36 bits per heavy atom. The maximum absolute atomic E-state index is 13.3. The van der Waals surface area contributed by atoms with Crippen LogP contribution in [-0.2, 0) is 16.6 Å². The number of aromatic nitrogens is 1. The van der Waals surface area contributed by atoms with Crippen molar-refractivity contribution in [3.63, 3.8) is 0 Å². The summed E-state index contributed by atoms with van der Waals surface area (Å²) in [5, 5.41) is 3.39. The van der Waals surface area contributed by atoms with Crippen LogP contribution in [0.1, 0.15) is 10.5 Å². The molecule has 1 heterocycles. The van der Waals surface area contributed by atoms with Gasteiger partial charge in [0.15, 0.2) is 6.61 Å². The van der Waals surface area contributed by atoms with E-state index in [-0.39, 0.29) is 22.0 Å². The molecule has 4 aromatic rings. The predicted octanol–water partition coefficient (Wildman–Crippen LogP) is 4.79. The van der Waals surface area contributed by atoms with Crippen molar-refractivity contribution >= 4 is 39.9 Å². The predicted molar refractivity (Wildman–Crippen MR) is 125 cm³/mol. The van der Waals surface area contributed by atoms with Gasteiger partial charge in [-0.15, -0.1) is 0 Å². The molecular formula is C25H18ClFN2O4. The van der Waals surface area contributed by atoms with Gasteiger partial charge in [-0.2, -0.15) is 0 Å². The average molecular weight is 465 g/mol. The first-order valence-electron chi connectivity index (χ1n) is 9.96. The molecule has 33 heavy (non-hydrogen) atoms. The molecule has 0 aliphatic rings. The van der Waals surface area contributed by atoms with E-state index in [9.17, 15) is 18.8 Å². The largest absolute Gasteiger partial charge is 0.451 e. The monoisotopic (exact) mass is 464 g/mol. The molecule has 4 rings (SSSR count). The third kappa shape index (κ3) is 4.49. The number of nitrogens with zero attached hydrogens (tertiary/aromatic N) is 1. The van der Waals surface area contributed by atoms with Crippen LogP contribution >= 0.6 is 11.6 Å².